The van der Waals surface area contributed by atoms with Crippen molar-refractivity contribution in [3.8, 4) is 0 Å². The molecular formula is C15H22N2O3. The molecule has 5 nitrogen and oxygen atoms in total. The number of likely N-dealkylation sites (N-methyl/N-ethyl adjacent to an activating group) is 1. The number of hydrogen-bond donors (Lipinski definition) is 1. The van der Waals surface area contributed by atoms with Gasteiger partial charge in [0, 0.05) is 25.7 Å². The predicted molar refractivity (Wildman–Crippen MR) is 77.6 cm³/mol. The minimum atomic E-state index is -0.518. The summed E-state index contributed by atoms with van der Waals surface area (Å²) in [5.74, 6) is -0.0726. The minimum absolute atomic E-state index is 0.0726. The Balaban J connectivity index is 2.35. The molecule has 1 rings (SSSR count). The zero-order chi connectivity index (χ0) is 15.2. The Kier molecular flexibility index (Phi) is 5.55. The van der Waals surface area contributed by atoms with Crippen LogP contribution >= 0.6 is 0 Å². The van der Waals surface area contributed by atoms with E-state index in [1.165, 1.54) is 0 Å². The van der Waals surface area contributed by atoms with Gasteiger partial charge in [0.15, 0.2) is 0 Å². The monoisotopic (exact) mass is 278 g/mol. The first-order valence-corrected chi connectivity index (χ1v) is 6.57. The highest BCUT2D eigenvalue weighted by atomic mass is 16.6. The predicted octanol–water partition coefficient (Wildman–Crippen LogP) is 2.28. The SMILES string of the molecule is CN(CCNC(=O)OC(C)(C)C)C(=O)c1ccccc1. The molecule has 0 spiro atoms. The maximum absolute atomic E-state index is 12.0. The highest BCUT2D eigenvalue weighted by Gasteiger charge is 2.16. The van der Waals surface area contributed by atoms with Crippen LogP contribution in [0.4, 0.5) is 4.79 Å². The molecule has 2 amide bonds. The molecule has 0 aromatic heterocycles. The van der Waals surface area contributed by atoms with E-state index in [1.54, 1.807) is 44.9 Å². The minimum Gasteiger partial charge on any atom is -0.444 e. The number of alkyl carbamates (subject to hydrolysis) is 1. The number of nitrogens with one attached hydrogen (secondary N) is 1. The third-order valence-corrected chi connectivity index (χ3v) is 2.48. The van der Waals surface area contributed by atoms with Gasteiger partial charge in [-0.25, -0.2) is 4.79 Å². The second kappa shape index (κ2) is 6.93. The lowest BCUT2D eigenvalue weighted by atomic mass is 10.2. The van der Waals surface area contributed by atoms with E-state index in [2.05, 4.69) is 5.32 Å². The fourth-order valence-electron chi connectivity index (χ4n) is 1.54. The van der Waals surface area contributed by atoms with Gasteiger partial charge in [-0.3, -0.25) is 4.79 Å². The summed E-state index contributed by atoms with van der Waals surface area (Å²) in [5, 5.41) is 2.62. The molecule has 0 fully saturated rings. The van der Waals surface area contributed by atoms with Crippen molar-refractivity contribution < 1.29 is 14.3 Å². The highest BCUT2D eigenvalue weighted by Crippen LogP contribution is 2.06. The van der Waals surface area contributed by atoms with Gasteiger partial charge in [0.25, 0.3) is 5.91 Å². The molecule has 0 saturated heterocycles. The van der Waals surface area contributed by atoms with Gasteiger partial charge >= 0.3 is 6.09 Å². The zero-order valence-corrected chi connectivity index (χ0v) is 12.5. The van der Waals surface area contributed by atoms with Crippen LogP contribution in [0.3, 0.4) is 0 Å². The second-order valence-electron chi connectivity index (χ2n) is 5.52. The number of amides is 2. The molecule has 0 aliphatic rings. The van der Waals surface area contributed by atoms with E-state index in [4.69, 9.17) is 4.74 Å². The third kappa shape index (κ3) is 5.73. The Morgan fingerprint density at radius 1 is 1.20 bits per heavy atom. The fourth-order valence-corrected chi connectivity index (χ4v) is 1.54. The Morgan fingerprint density at radius 2 is 1.80 bits per heavy atom. The second-order valence-corrected chi connectivity index (χ2v) is 5.52. The van der Waals surface area contributed by atoms with E-state index in [0.717, 1.165) is 0 Å². The van der Waals surface area contributed by atoms with Crippen LogP contribution in [0.15, 0.2) is 30.3 Å². The van der Waals surface area contributed by atoms with Crippen molar-refractivity contribution in [1.82, 2.24) is 10.2 Å². The summed E-state index contributed by atoms with van der Waals surface area (Å²) < 4.78 is 5.11. The molecule has 0 aliphatic heterocycles. The van der Waals surface area contributed by atoms with Gasteiger partial charge in [0.1, 0.15) is 5.60 Å². The van der Waals surface area contributed by atoms with Crippen molar-refractivity contribution in [1.29, 1.82) is 0 Å². The topological polar surface area (TPSA) is 58.6 Å². The van der Waals surface area contributed by atoms with Crippen molar-refractivity contribution in [3.63, 3.8) is 0 Å². The molecule has 20 heavy (non-hydrogen) atoms. The van der Waals surface area contributed by atoms with Gasteiger partial charge in [0.05, 0.1) is 0 Å². The Labute approximate surface area is 119 Å². The maximum Gasteiger partial charge on any atom is 0.407 e. The largest absolute Gasteiger partial charge is 0.444 e. The van der Waals surface area contributed by atoms with Crippen LogP contribution in [0.2, 0.25) is 0 Å². The zero-order valence-electron chi connectivity index (χ0n) is 12.5. The highest BCUT2D eigenvalue weighted by molar-refractivity contribution is 5.94. The van der Waals surface area contributed by atoms with Crippen LogP contribution in [0.1, 0.15) is 31.1 Å². The van der Waals surface area contributed by atoms with Crippen LogP contribution in [-0.4, -0.2) is 42.6 Å². The molecule has 0 saturated carbocycles. The van der Waals surface area contributed by atoms with E-state index < -0.39 is 11.7 Å². The van der Waals surface area contributed by atoms with Crippen molar-refractivity contribution in [3.05, 3.63) is 35.9 Å². The van der Waals surface area contributed by atoms with E-state index in [-0.39, 0.29) is 5.91 Å². The summed E-state index contributed by atoms with van der Waals surface area (Å²) in [6.07, 6.45) is -0.474. The quantitative estimate of drug-likeness (QED) is 0.919. The van der Waals surface area contributed by atoms with Crippen LogP contribution < -0.4 is 5.32 Å². The van der Waals surface area contributed by atoms with Crippen molar-refractivity contribution in [2.75, 3.05) is 20.1 Å². The number of benzene rings is 1. The number of nitrogens with zero attached hydrogens (tertiary/aromatic N) is 1. The Hall–Kier alpha value is -2.04. The Bertz CT molecular complexity index is 452. The molecule has 1 N–H and O–H groups in total. The van der Waals surface area contributed by atoms with Crippen LogP contribution in [0.25, 0.3) is 0 Å². The van der Waals surface area contributed by atoms with Gasteiger partial charge < -0.3 is 15.0 Å². The molecule has 5 heteroatoms. The third-order valence-electron chi connectivity index (χ3n) is 2.48. The molecule has 0 atom stereocenters. The van der Waals surface area contributed by atoms with Crippen molar-refractivity contribution in [2.24, 2.45) is 0 Å². The Morgan fingerprint density at radius 3 is 2.35 bits per heavy atom. The van der Waals surface area contributed by atoms with Gasteiger partial charge in [-0.15, -0.1) is 0 Å². The summed E-state index contributed by atoms with van der Waals surface area (Å²) in [5.41, 5.74) is 0.114. The van der Waals surface area contributed by atoms with Gasteiger partial charge in [-0.1, -0.05) is 18.2 Å². The van der Waals surface area contributed by atoms with Gasteiger partial charge in [-0.05, 0) is 32.9 Å². The molecule has 1 aromatic carbocycles. The smallest absolute Gasteiger partial charge is 0.407 e. The van der Waals surface area contributed by atoms with Crippen molar-refractivity contribution >= 4 is 12.0 Å². The standard InChI is InChI=1S/C15H22N2O3/c1-15(2,3)20-14(19)16-10-11-17(4)13(18)12-8-6-5-7-9-12/h5-9H,10-11H2,1-4H3,(H,16,19). The lowest BCUT2D eigenvalue weighted by Crippen LogP contribution is -2.38. The first-order valence-electron chi connectivity index (χ1n) is 6.57. The summed E-state index contributed by atoms with van der Waals surface area (Å²) in [6.45, 7) is 6.18. The summed E-state index contributed by atoms with van der Waals surface area (Å²) >= 11 is 0. The van der Waals surface area contributed by atoms with E-state index in [1.807, 2.05) is 18.2 Å². The first-order chi connectivity index (χ1) is 9.29. The summed E-state index contributed by atoms with van der Waals surface area (Å²) in [7, 11) is 1.70. The van der Waals surface area contributed by atoms with Gasteiger partial charge in [0.2, 0.25) is 0 Å². The molecule has 0 bridgehead atoms. The number of carbonyl (C=O) groups is 2. The molecular weight excluding hydrogens is 256 g/mol. The average molecular weight is 278 g/mol. The van der Waals surface area contributed by atoms with Crippen LogP contribution in [0.5, 0.6) is 0 Å². The van der Waals surface area contributed by atoms with Gasteiger partial charge in [-0.2, -0.15) is 0 Å². The number of rotatable bonds is 4. The molecule has 0 aliphatic carbocycles. The van der Waals surface area contributed by atoms with E-state index >= 15 is 0 Å². The molecule has 0 heterocycles. The molecule has 1 aromatic rings. The average Bonchev–Trinajstić information content (AvgIpc) is 2.36. The normalized spacial score (nSPS) is 10.8. The van der Waals surface area contributed by atoms with E-state index in [9.17, 15) is 9.59 Å². The number of ether oxygens (including phenoxy) is 1. The summed E-state index contributed by atoms with van der Waals surface area (Å²) in [6, 6.07) is 9.03. The number of hydrogen-bond acceptors (Lipinski definition) is 3. The fraction of sp³-hybridized carbons (Fsp3) is 0.467. The van der Waals surface area contributed by atoms with Crippen LogP contribution in [0, 0.1) is 0 Å². The number of carbonyl (C=O) groups excluding carboxylic acids is 2. The first kappa shape index (κ1) is 16.0. The maximum atomic E-state index is 12.0. The van der Waals surface area contributed by atoms with Crippen molar-refractivity contribution in [2.45, 2.75) is 26.4 Å². The molecule has 110 valence electrons. The van der Waals surface area contributed by atoms with E-state index in [0.29, 0.717) is 18.7 Å². The summed E-state index contributed by atoms with van der Waals surface area (Å²) in [4.78, 5) is 25.0. The molecule has 0 radical (unpaired) electrons. The van der Waals surface area contributed by atoms with Crippen LogP contribution in [-0.2, 0) is 4.74 Å². The molecule has 0 unspecified atom stereocenters. The lowest BCUT2D eigenvalue weighted by molar-refractivity contribution is 0.0517. The lowest BCUT2D eigenvalue weighted by Gasteiger charge is -2.21.